The van der Waals surface area contributed by atoms with Crippen molar-refractivity contribution in [2.24, 2.45) is 0 Å². The lowest BCUT2D eigenvalue weighted by molar-refractivity contribution is -0.122. The van der Waals surface area contributed by atoms with Crippen LogP contribution in [-0.4, -0.2) is 24.5 Å². The number of rotatable bonds is 3. The largest absolute Gasteiger partial charge is 0.351 e. The van der Waals surface area contributed by atoms with Crippen LogP contribution in [0.1, 0.15) is 30.9 Å². The number of piperidine rings is 1. The van der Waals surface area contributed by atoms with Gasteiger partial charge < -0.3 is 10.6 Å². The molecule has 1 aromatic rings. The van der Waals surface area contributed by atoms with Gasteiger partial charge in [0.1, 0.15) is 0 Å². The summed E-state index contributed by atoms with van der Waals surface area (Å²) >= 11 is 0. The highest BCUT2D eigenvalue weighted by atomic mass is 16.1. The molecule has 0 aromatic heterocycles. The fraction of sp³-hybridized carbons (Fsp3) is 0.533. The van der Waals surface area contributed by atoms with E-state index in [2.05, 4.69) is 30.5 Å². The maximum atomic E-state index is 12.1. The van der Waals surface area contributed by atoms with Crippen molar-refractivity contribution in [3.05, 3.63) is 35.4 Å². The zero-order valence-electron chi connectivity index (χ0n) is 11.3. The van der Waals surface area contributed by atoms with Crippen molar-refractivity contribution in [2.75, 3.05) is 13.1 Å². The van der Waals surface area contributed by atoms with Gasteiger partial charge in [-0.1, -0.05) is 24.3 Å². The first-order valence-corrected chi connectivity index (χ1v) is 6.65. The summed E-state index contributed by atoms with van der Waals surface area (Å²) in [6.45, 7) is 6.17. The van der Waals surface area contributed by atoms with Gasteiger partial charge in [-0.15, -0.1) is 0 Å². The lowest BCUT2D eigenvalue weighted by atomic mass is 9.90. The van der Waals surface area contributed by atoms with Crippen molar-refractivity contribution in [2.45, 2.75) is 38.6 Å². The van der Waals surface area contributed by atoms with Gasteiger partial charge in [0.2, 0.25) is 5.91 Å². The molecule has 3 nitrogen and oxygen atoms in total. The molecule has 98 valence electrons. The first-order valence-electron chi connectivity index (χ1n) is 6.65. The predicted octanol–water partition coefficient (Wildman–Crippen LogP) is 1.80. The van der Waals surface area contributed by atoms with Gasteiger partial charge in [-0.2, -0.15) is 0 Å². The molecule has 0 bridgehead atoms. The summed E-state index contributed by atoms with van der Waals surface area (Å²) < 4.78 is 0. The van der Waals surface area contributed by atoms with Gasteiger partial charge in [-0.25, -0.2) is 0 Å². The van der Waals surface area contributed by atoms with Gasteiger partial charge in [-0.3, -0.25) is 4.79 Å². The number of aryl methyl sites for hydroxylation is 1. The molecule has 0 saturated carbocycles. The molecule has 1 heterocycles. The predicted molar refractivity (Wildman–Crippen MR) is 73.5 cm³/mol. The Morgan fingerprint density at radius 1 is 1.33 bits per heavy atom. The van der Waals surface area contributed by atoms with E-state index in [-0.39, 0.29) is 11.4 Å². The minimum absolute atomic E-state index is 0.0367. The van der Waals surface area contributed by atoms with Crippen LogP contribution in [0.4, 0.5) is 0 Å². The molecule has 1 saturated heterocycles. The molecule has 1 amide bonds. The third kappa shape index (κ3) is 3.33. The Bertz CT molecular complexity index is 422. The second kappa shape index (κ2) is 5.53. The van der Waals surface area contributed by atoms with E-state index in [0.29, 0.717) is 6.42 Å². The number of nitrogens with one attached hydrogen (secondary N) is 2. The first-order chi connectivity index (χ1) is 8.59. The zero-order valence-corrected chi connectivity index (χ0v) is 11.3. The van der Waals surface area contributed by atoms with Crippen LogP contribution in [0.2, 0.25) is 0 Å². The Morgan fingerprint density at radius 2 is 2.00 bits per heavy atom. The highest BCUT2D eigenvalue weighted by Crippen LogP contribution is 2.17. The lowest BCUT2D eigenvalue weighted by Crippen LogP contribution is -2.52. The van der Waals surface area contributed by atoms with Crippen molar-refractivity contribution in [1.82, 2.24) is 10.6 Å². The highest BCUT2D eigenvalue weighted by molar-refractivity contribution is 5.79. The quantitative estimate of drug-likeness (QED) is 0.854. The molecular weight excluding hydrogens is 224 g/mol. The van der Waals surface area contributed by atoms with Crippen molar-refractivity contribution in [3.63, 3.8) is 0 Å². The molecule has 2 N–H and O–H groups in total. The van der Waals surface area contributed by atoms with Crippen LogP contribution in [0.3, 0.4) is 0 Å². The molecular formula is C15H22N2O. The normalized spacial score (nSPS) is 18.3. The van der Waals surface area contributed by atoms with Crippen LogP contribution in [0.15, 0.2) is 24.3 Å². The van der Waals surface area contributed by atoms with Gasteiger partial charge in [0.25, 0.3) is 0 Å². The van der Waals surface area contributed by atoms with Crippen LogP contribution in [0.5, 0.6) is 0 Å². The fourth-order valence-electron chi connectivity index (χ4n) is 2.47. The second-order valence-electron chi connectivity index (χ2n) is 5.46. The standard InChI is InChI=1S/C15H22N2O/c1-12-5-3-4-6-13(12)11-14(18)17-15(2)7-9-16-10-8-15/h3-6,16H,7-11H2,1-2H3,(H,17,18). The molecule has 1 aliphatic rings. The number of benzene rings is 1. The Kier molecular flexibility index (Phi) is 4.02. The second-order valence-corrected chi connectivity index (χ2v) is 5.46. The van der Waals surface area contributed by atoms with Crippen molar-refractivity contribution in [1.29, 1.82) is 0 Å². The maximum Gasteiger partial charge on any atom is 0.224 e. The number of hydrogen-bond donors (Lipinski definition) is 2. The lowest BCUT2D eigenvalue weighted by Gasteiger charge is -2.35. The average Bonchev–Trinajstić information content (AvgIpc) is 2.32. The molecule has 0 spiro atoms. The van der Waals surface area contributed by atoms with Crippen LogP contribution >= 0.6 is 0 Å². The van der Waals surface area contributed by atoms with E-state index in [1.54, 1.807) is 0 Å². The molecule has 3 heteroatoms. The average molecular weight is 246 g/mol. The molecule has 1 aliphatic heterocycles. The third-order valence-corrected chi connectivity index (χ3v) is 3.76. The first kappa shape index (κ1) is 13.1. The van der Waals surface area contributed by atoms with Crippen LogP contribution < -0.4 is 10.6 Å². The minimum Gasteiger partial charge on any atom is -0.351 e. The number of hydrogen-bond acceptors (Lipinski definition) is 2. The monoisotopic (exact) mass is 246 g/mol. The zero-order chi connectivity index (χ0) is 13.0. The summed E-state index contributed by atoms with van der Waals surface area (Å²) in [6.07, 6.45) is 2.49. The van der Waals surface area contributed by atoms with E-state index >= 15 is 0 Å². The maximum absolute atomic E-state index is 12.1. The molecule has 0 atom stereocenters. The Morgan fingerprint density at radius 3 is 2.67 bits per heavy atom. The minimum atomic E-state index is -0.0367. The number of carbonyl (C=O) groups is 1. The molecule has 0 aliphatic carbocycles. The van der Waals surface area contributed by atoms with Crippen molar-refractivity contribution < 1.29 is 4.79 Å². The fourth-order valence-corrected chi connectivity index (χ4v) is 2.47. The van der Waals surface area contributed by atoms with E-state index in [4.69, 9.17) is 0 Å². The van der Waals surface area contributed by atoms with Gasteiger partial charge in [0.15, 0.2) is 0 Å². The van der Waals surface area contributed by atoms with Crippen LogP contribution in [-0.2, 0) is 11.2 Å². The summed E-state index contributed by atoms with van der Waals surface area (Å²) in [5, 5.41) is 6.51. The van der Waals surface area contributed by atoms with Gasteiger partial charge in [0, 0.05) is 5.54 Å². The molecule has 0 unspecified atom stereocenters. The van der Waals surface area contributed by atoms with E-state index in [9.17, 15) is 4.79 Å². The van der Waals surface area contributed by atoms with E-state index in [1.807, 2.05) is 18.2 Å². The van der Waals surface area contributed by atoms with E-state index in [0.717, 1.165) is 31.5 Å². The summed E-state index contributed by atoms with van der Waals surface area (Å²) in [5.74, 6) is 0.133. The summed E-state index contributed by atoms with van der Waals surface area (Å²) in [6, 6.07) is 8.07. The molecule has 1 fully saturated rings. The van der Waals surface area contributed by atoms with Crippen molar-refractivity contribution in [3.8, 4) is 0 Å². The number of carbonyl (C=O) groups excluding carboxylic acids is 1. The Hall–Kier alpha value is -1.35. The number of amides is 1. The van der Waals surface area contributed by atoms with E-state index in [1.165, 1.54) is 5.56 Å². The highest BCUT2D eigenvalue weighted by Gasteiger charge is 2.28. The smallest absolute Gasteiger partial charge is 0.224 e. The van der Waals surface area contributed by atoms with Crippen LogP contribution in [0.25, 0.3) is 0 Å². The van der Waals surface area contributed by atoms with Gasteiger partial charge in [-0.05, 0) is 50.9 Å². The van der Waals surface area contributed by atoms with Crippen molar-refractivity contribution >= 4 is 5.91 Å². The van der Waals surface area contributed by atoms with Gasteiger partial charge >= 0.3 is 0 Å². The molecule has 18 heavy (non-hydrogen) atoms. The third-order valence-electron chi connectivity index (χ3n) is 3.76. The Balaban J connectivity index is 1.94. The summed E-state index contributed by atoms with van der Waals surface area (Å²) in [4.78, 5) is 12.1. The van der Waals surface area contributed by atoms with Gasteiger partial charge in [0.05, 0.1) is 6.42 Å². The van der Waals surface area contributed by atoms with E-state index < -0.39 is 0 Å². The topological polar surface area (TPSA) is 41.1 Å². The Labute approximate surface area is 109 Å². The van der Waals surface area contributed by atoms with Crippen LogP contribution in [0, 0.1) is 6.92 Å². The molecule has 1 aromatic carbocycles. The SMILES string of the molecule is Cc1ccccc1CC(=O)NC1(C)CCNCC1. The summed E-state index contributed by atoms with van der Waals surface area (Å²) in [5.41, 5.74) is 2.26. The summed E-state index contributed by atoms with van der Waals surface area (Å²) in [7, 11) is 0. The molecule has 0 radical (unpaired) electrons. The molecule has 2 rings (SSSR count).